The second-order valence-electron chi connectivity index (χ2n) is 3.44. The topological polar surface area (TPSA) is 80.6 Å². The average Bonchev–Trinajstić information content (AvgIpc) is 2.41. The zero-order valence-electron chi connectivity index (χ0n) is 8.91. The largest absolute Gasteiger partial charge is 0.388 e. The van der Waals surface area contributed by atoms with Crippen LogP contribution in [0.15, 0.2) is 0 Å². The van der Waals surface area contributed by atoms with Crippen molar-refractivity contribution in [1.29, 1.82) is 5.41 Å². The minimum atomic E-state index is 0.161. The lowest BCUT2D eigenvalue weighted by Crippen LogP contribution is -2.20. The molecule has 1 aromatic heterocycles. The number of amidine groups is 1. The first-order valence-electron chi connectivity index (χ1n) is 4.77. The lowest BCUT2D eigenvalue weighted by Gasteiger charge is -2.15. The van der Waals surface area contributed by atoms with Gasteiger partial charge in [0.2, 0.25) is 0 Å². The molecule has 1 aromatic rings. The molecule has 1 rings (SSSR count). The van der Waals surface area contributed by atoms with E-state index in [0.29, 0.717) is 6.42 Å². The van der Waals surface area contributed by atoms with Crippen LogP contribution in [-0.2, 0) is 0 Å². The van der Waals surface area contributed by atoms with E-state index >= 15 is 0 Å². The molecule has 5 heteroatoms. The molecule has 14 heavy (non-hydrogen) atoms. The predicted octanol–water partition coefficient (Wildman–Crippen LogP) is 1.17. The average molecular weight is 195 g/mol. The summed E-state index contributed by atoms with van der Waals surface area (Å²) in [4.78, 5) is 4.23. The molecule has 5 nitrogen and oxygen atoms in total. The molecule has 1 atom stereocenters. The third kappa shape index (κ3) is 2.31. The van der Waals surface area contributed by atoms with E-state index in [1.807, 2.05) is 18.5 Å². The van der Waals surface area contributed by atoms with E-state index in [4.69, 9.17) is 11.1 Å². The molecular formula is C9H17N5. The van der Waals surface area contributed by atoms with Gasteiger partial charge in [0.25, 0.3) is 0 Å². The molecule has 0 saturated heterocycles. The summed E-state index contributed by atoms with van der Waals surface area (Å²) in [5.41, 5.74) is 5.38. The maximum Gasteiger partial charge on any atom is 0.147 e. The maximum atomic E-state index is 7.27. The second-order valence-corrected chi connectivity index (χ2v) is 3.44. The summed E-state index contributed by atoms with van der Waals surface area (Å²) in [6.07, 6.45) is 1.45. The summed E-state index contributed by atoms with van der Waals surface area (Å²) in [5.74, 6) is 1.85. The van der Waals surface area contributed by atoms with Gasteiger partial charge in [0, 0.05) is 6.42 Å². The molecule has 0 aliphatic rings. The molecule has 1 unspecified atom stereocenters. The highest BCUT2D eigenvalue weighted by atomic mass is 15.4. The van der Waals surface area contributed by atoms with Crippen molar-refractivity contribution in [1.82, 2.24) is 14.8 Å². The van der Waals surface area contributed by atoms with Gasteiger partial charge in [-0.1, -0.05) is 6.92 Å². The first-order chi connectivity index (χ1) is 6.54. The van der Waals surface area contributed by atoms with Crippen molar-refractivity contribution in [2.75, 3.05) is 0 Å². The Morgan fingerprint density at radius 1 is 1.57 bits per heavy atom. The van der Waals surface area contributed by atoms with E-state index in [-0.39, 0.29) is 11.9 Å². The van der Waals surface area contributed by atoms with Crippen LogP contribution in [-0.4, -0.2) is 20.6 Å². The van der Waals surface area contributed by atoms with E-state index in [1.165, 1.54) is 0 Å². The number of hydrogen-bond acceptors (Lipinski definition) is 3. The van der Waals surface area contributed by atoms with Gasteiger partial charge in [-0.15, -0.1) is 0 Å². The van der Waals surface area contributed by atoms with Crippen LogP contribution in [0.2, 0.25) is 0 Å². The summed E-state index contributed by atoms with van der Waals surface area (Å²) in [6, 6.07) is 0.161. The molecular weight excluding hydrogens is 178 g/mol. The molecule has 0 aromatic carbocycles. The van der Waals surface area contributed by atoms with Crippen LogP contribution in [0.5, 0.6) is 0 Å². The smallest absolute Gasteiger partial charge is 0.147 e. The van der Waals surface area contributed by atoms with Crippen molar-refractivity contribution in [3.05, 3.63) is 11.6 Å². The Labute approximate surface area is 83.8 Å². The fourth-order valence-corrected chi connectivity index (χ4v) is 1.54. The van der Waals surface area contributed by atoms with Gasteiger partial charge < -0.3 is 5.73 Å². The summed E-state index contributed by atoms with van der Waals surface area (Å²) in [6.45, 7) is 5.84. The summed E-state index contributed by atoms with van der Waals surface area (Å²) < 4.78 is 1.86. The van der Waals surface area contributed by atoms with Crippen LogP contribution in [0.4, 0.5) is 0 Å². The molecule has 0 aliphatic carbocycles. The van der Waals surface area contributed by atoms with Crippen LogP contribution in [0.25, 0.3) is 0 Å². The highest BCUT2D eigenvalue weighted by Gasteiger charge is 2.14. The molecule has 1 heterocycles. The van der Waals surface area contributed by atoms with Crippen LogP contribution >= 0.6 is 0 Å². The van der Waals surface area contributed by atoms with Gasteiger partial charge in [0.1, 0.15) is 11.6 Å². The Hall–Kier alpha value is -1.39. The molecule has 0 saturated carbocycles. The molecule has 0 aliphatic heterocycles. The predicted molar refractivity (Wildman–Crippen MR) is 55.4 cm³/mol. The van der Waals surface area contributed by atoms with E-state index < -0.39 is 0 Å². The third-order valence-electron chi connectivity index (χ3n) is 2.18. The number of nitrogens with two attached hydrogens (primary N) is 1. The van der Waals surface area contributed by atoms with Crippen molar-refractivity contribution in [3.63, 3.8) is 0 Å². The first kappa shape index (κ1) is 10.7. The maximum absolute atomic E-state index is 7.27. The number of aryl methyl sites for hydroxylation is 2. The van der Waals surface area contributed by atoms with E-state index in [1.54, 1.807) is 0 Å². The highest BCUT2D eigenvalue weighted by Crippen LogP contribution is 2.16. The van der Waals surface area contributed by atoms with E-state index in [2.05, 4.69) is 17.0 Å². The van der Waals surface area contributed by atoms with Crippen molar-refractivity contribution in [3.8, 4) is 0 Å². The lowest BCUT2D eigenvalue weighted by molar-refractivity contribution is 0.440. The quantitative estimate of drug-likeness (QED) is 0.559. The fraction of sp³-hybridized carbons (Fsp3) is 0.667. The van der Waals surface area contributed by atoms with Crippen LogP contribution in [0.3, 0.4) is 0 Å². The minimum absolute atomic E-state index is 0.161. The Kier molecular flexibility index (Phi) is 3.22. The van der Waals surface area contributed by atoms with Gasteiger partial charge in [0.05, 0.1) is 11.9 Å². The van der Waals surface area contributed by atoms with E-state index in [0.717, 1.165) is 18.1 Å². The summed E-state index contributed by atoms with van der Waals surface area (Å²) >= 11 is 0. The highest BCUT2D eigenvalue weighted by molar-refractivity contribution is 5.77. The van der Waals surface area contributed by atoms with E-state index in [9.17, 15) is 0 Å². The van der Waals surface area contributed by atoms with Crippen molar-refractivity contribution < 1.29 is 0 Å². The fourth-order valence-electron chi connectivity index (χ4n) is 1.54. The summed E-state index contributed by atoms with van der Waals surface area (Å²) in [7, 11) is 0. The van der Waals surface area contributed by atoms with Crippen LogP contribution in [0, 0.1) is 19.3 Å². The third-order valence-corrected chi connectivity index (χ3v) is 2.18. The van der Waals surface area contributed by atoms with Gasteiger partial charge in [0.15, 0.2) is 0 Å². The molecule has 3 N–H and O–H groups in total. The second kappa shape index (κ2) is 4.21. The van der Waals surface area contributed by atoms with Gasteiger partial charge in [-0.25, -0.2) is 9.67 Å². The Balaban J connectivity index is 2.88. The van der Waals surface area contributed by atoms with Crippen molar-refractivity contribution >= 4 is 5.84 Å². The molecule has 78 valence electrons. The standard InChI is InChI=1S/C9H17N5/c1-4-8(5-9(10)11)14-7(3)12-6(2)13-14/h8H,4-5H2,1-3H3,(H3,10,11). The Bertz CT molecular complexity index is 328. The summed E-state index contributed by atoms with van der Waals surface area (Å²) in [5, 5.41) is 11.6. The number of nitrogens with one attached hydrogen (secondary N) is 1. The monoisotopic (exact) mass is 195 g/mol. The zero-order valence-corrected chi connectivity index (χ0v) is 8.91. The number of hydrogen-bond donors (Lipinski definition) is 2. The molecule has 0 spiro atoms. The van der Waals surface area contributed by atoms with Crippen LogP contribution in [0.1, 0.15) is 37.5 Å². The Morgan fingerprint density at radius 3 is 2.57 bits per heavy atom. The SMILES string of the molecule is CCC(CC(=N)N)n1nc(C)nc1C. The normalized spacial score (nSPS) is 12.8. The number of rotatable bonds is 4. The zero-order chi connectivity index (χ0) is 10.7. The van der Waals surface area contributed by atoms with Crippen LogP contribution < -0.4 is 5.73 Å². The number of aromatic nitrogens is 3. The van der Waals surface area contributed by atoms with Crippen molar-refractivity contribution in [2.24, 2.45) is 5.73 Å². The van der Waals surface area contributed by atoms with Gasteiger partial charge >= 0.3 is 0 Å². The first-order valence-corrected chi connectivity index (χ1v) is 4.77. The molecule has 0 bridgehead atoms. The molecule has 0 fully saturated rings. The van der Waals surface area contributed by atoms with Gasteiger partial charge in [-0.2, -0.15) is 5.10 Å². The lowest BCUT2D eigenvalue weighted by atomic mass is 10.1. The molecule has 0 radical (unpaired) electrons. The minimum Gasteiger partial charge on any atom is -0.388 e. The molecule has 0 amide bonds. The van der Waals surface area contributed by atoms with Gasteiger partial charge in [-0.05, 0) is 20.3 Å². The van der Waals surface area contributed by atoms with Gasteiger partial charge in [-0.3, -0.25) is 5.41 Å². The van der Waals surface area contributed by atoms with Crippen molar-refractivity contribution in [2.45, 2.75) is 39.7 Å². The Morgan fingerprint density at radius 2 is 2.21 bits per heavy atom. The number of nitrogens with zero attached hydrogens (tertiary/aromatic N) is 3.